The molecule has 0 radical (unpaired) electrons. The molecule has 2 aromatic heterocycles. The van der Waals surface area contributed by atoms with Gasteiger partial charge in [-0.05, 0) is 14.0 Å². The van der Waals surface area contributed by atoms with Gasteiger partial charge in [-0.15, -0.1) is 0 Å². The second-order valence-electron chi connectivity index (χ2n) is 4.01. The summed E-state index contributed by atoms with van der Waals surface area (Å²) in [6.45, 7) is 2.22. The summed E-state index contributed by atoms with van der Waals surface area (Å²) in [4.78, 5) is 0. The Morgan fingerprint density at radius 2 is 2.21 bits per heavy atom. The predicted octanol–water partition coefficient (Wildman–Crippen LogP) is -0.0960. The van der Waals surface area contributed by atoms with E-state index in [4.69, 9.17) is 4.52 Å². The third-order valence-electron chi connectivity index (χ3n) is 2.43. The van der Waals surface area contributed by atoms with Crippen molar-refractivity contribution in [2.75, 3.05) is 7.05 Å². The van der Waals surface area contributed by atoms with Gasteiger partial charge in [0, 0.05) is 18.2 Å². The molecular weight excluding hydrogens is 270 g/mol. The Balaban J connectivity index is 2.11. The van der Waals surface area contributed by atoms with Gasteiger partial charge in [-0.1, -0.05) is 5.16 Å². The lowest BCUT2D eigenvalue weighted by Crippen LogP contribution is -2.25. The Kier molecular flexibility index (Phi) is 3.98. The summed E-state index contributed by atoms with van der Waals surface area (Å²) in [6.07, 6.45) is 1.48. The van der Waals surface area contributed by atoms with Gasteiger partial charge in [0.1, 0.15) is 0 Å². The zero-order valence-corrected chi connectivity index (χ0v) is 11.4. The maximum Gasteiger partial charge on any atom is 0.258 e. The highest BCUT2D eigenvalue weighted by atomic mass is 32.2. The molecule has 0 aliphatic heterocycles. The highest BCUT2D eigenvalue weighted by molar-refractivity contribution is 7.89. The van der Waals surface area contributed by atoms with E-state index in [9.17, 15) is 8.42 Å². The lowest BCUT2D eigenvalue weighted by atomic mass is 10.4. The zero-order valence-electron chi connectivity index (χ0n) is 10.6. The van der Waals surface area contributed by atoms with Crippen molar-refractivity contribution >= 4 is 10.0 Å². The molecule has 2 heterocycles. The maximum absolute atomic E-state index is 12.1. The van der Waals surface area contributed by atoms with Crippen molar-refractivity contribution < 1.29 is 12.9 Å². The molecule has 104 valence electrons. The van der Waals surface area contributed by atoms with Crippen LogP contribution in [-0.2, 0) is 23.1 Å². The zero-order chi connectivity index (χ0) is 13.9. The molecule has 0 bridgehead atoms. The average Bonchev–Trinajstić information content (AvgIpc) is 2.97. The van der Waals surface area contributed by atoms with Crippen molar-refractivity contribution in [3.8, 4) is 0 Å². The molecule has 0 saturated heterocycles. The Labute approximate surface area is 110 Å². The molecule has 0 aliphatic carbocycles. The lowest BCUT2D eigenvalue weighted by Gasteiger charge is -2.05. The van der Waals surface area contributed by atoms with E-state index in [0.29, 0.717) is 23.6 Å². The first kappa shape index (κ1) is 13.7. The smallest absolute Gasteiger partial charge is 0.258 e. The number of aryl methyl sites for hydroxylation is 1. The van der Waals surface area contributed by atoms with Crippen LogP contribution in [0.2, 0.25) is 0 Å². The molecule has 0 aliphatic rings. The van der Waals surface area contributed by atoms with Gasteiger partial charge in [-0.3, -0.25) is 5.10 Å². The Hall–Kier alpha value is -1.71. The van der Waals surface area contributed by atoms with Crippen molar-refractivity contribution in [2.24, 2.45) is 0 Å². The standard InChI is InChI=1S/C10H15N5O3S/c1-7-3-9(18-15-7)6-13-19(16,17)10-8(4-11-2)5-12-14-10/h3,5,11,13H,4,6H2,1-2H3,(H,12,14). The van der Waals surface area contributed by atoms with Gasteiger partial charge in [0.05, 0.1) is 18.4 Å². The molecular formula is C10H15N5O3S. The maximum atomic E-state index is 12.1. The highest BCUT2D eigenvalue weighted by Gasteiger charge is 2.20. The Morgan fingerprint density at radius 3 is 2.84 bits per heavy atom. The normalized spacial score (nSPS) is 11.9. The van der Waals surface area contributed by atoms with Gasteiger partial charge in [0.25, 0.3) is 10.0 Å². The van der Waals surface area contributed by atoms with Crippen LogP contribution < -0.4 is 10.0 Å². The number of nitrogens with zero attached hydrogens (tertiary/aromatic N) is 2. The number of hydrogen-bond acceptors (Lipinski definition) is 6. The topological polar surface area (TPSA) is 113 Å². The van der Waals surface area contributed by atoms with Crippen LogP contribution in [-0.4, -0.2) is 30.8 Å². The summed E-state index contributed by atoms with van der Waals surface area (Å²) in [5.74, 6) is 0.454. The fraction of sp³-hybridized carbons (Fsp3) is 0.400. The van der Waals surface area contributed by atoms with Gasteiger partial charge in [0.15, 0.2) is 10.8 Å². The number of aromatic amines is 1. The minimum absolute atomic E-state index is 0.0428. The summed E-state index contributed by atoms with van der Waals surface area (Å²) in [5.41, 5.74) is 1.27. The molecule has 9 heteroatoms. The molecule has 2 rings (SSSR count). The van der Waals surface area contributed by atoms with E-state index in [1.54, 1.807) is 20.0 Å². The first-order chi connectivity index (χ1) is 9.03. The van der Waals surface area contributed by atoms with E-state index >= 15 is 0 Å². The molecule has 3 N–H and O–H groups in total. The van der Waals surface area contributed by atoms with Crippen molar-refractivity contribution in [3.63, 3.8) is 0 Å². The Bertz CT molecular complexity index is 646. The first-order valence-electron chi connectivity index (χ1n) is 5.61. The van der Waals surface area contributed by atoms with E-state index in [1.165, 1.54) is 6.20 Å². The molecule has 0 fully saturated rings. The number of rotatable bonds is 6. The minimum atomic E-state index is -3.65. The van der Waals surface area contributed by atoms with Crippen LogP contribution >= 0.6 is 0 Å². The molecule has 19 heavy (non-hydrogen) atoms. The number of hydrogen-bond donors (Lipinski definition) is 3. The molecule has 0 amide bonds. The van der Waals surface area contributed by atoms with Crippen LogP contribution in [0.1, 0.15) is 17.0 Å². The van der Waals surface area contributed by atoms with Gasteiger partial charge < -0.3 is 9.84 Å². The van der Waals surface area contributed by atoms with Crippen LogP contribution in [0.4, 0.5) is 0 Å². The molecule has 0 unspecified atom stereocenters. The Morgan fingerprint density at radius 1 is 1.42 bits per heavy atom. The molecule has 8 nitrogen and oxygen atoms in total. The van der Waals surface area contributed by atoms with Crippen LogP contribution in [0.15, 0.2) is 21.8 Å². The summed E-state index contributed by atoms with van der Waals surface area (Å²) < 4.78 is 31.6. The summed E-state index contributed by atoms with van der Waals surface area (Å²) in [5, 5.41) is 12.9. The summed E-state index contributed by atoms with van der Waals surface area (Å²) in [7, 11) is -1.92. The third kappa shape index (κ3) is 3.19. The minimum Gasteiger partial charge on any atom is -0.360 e. The molecule has 0 atom stereocenters. The van der Waals surface area contributed by atoms with Gasteiger partial charge in [-0.2, -0.15) is 5.10 Å². The largest absolute Gasteiger partial charge is 0.360 e. The fourth-order valence-corrected chi connectivity index (χ4v) is 2.71. The second-order valence-corrected chi connectivity index (χ2v) is 5.72. The first-order valence-corrected chi connectivity index (χ1v) is 7.10. The quantitative estimate of drug-likeness (QED) is 0.683. The summed E-state index contributed by atoms with van der Waals surface area (Å²) >= 11 is 0. The van der Waals surface area contributed by atoms with Gasteiger partial charge >= 0.3 is 0 Å². The van der Waals surface area contributed by atoms with Crippen molar-refractivity contribution in [3.05, 3.63) is 29.3 Å². The van der Waals surface area contributed by atoms with Crippen LogP contribution in [0.25, 0.3) is 0 Å². The fourth-order valence-electron chi connectivity index (χ4n) is 1.59. The van der Waals surface area contributed by atoms with Crippen molar-refractivity contribution in [1.29, 1.82) is 0 Å². The van der Waals surface area contributed by atoms with Gasteiger partial charge in [-0.25, -0.2) is 13.1 Å². The van der Waals surface area contributed by atoms with Gasteiger partial charge in [0.2, 0.25) is 0 Å². The molecule has 0 saturated carbocycles. The number of aromatic nitrogens is 3. The van der Waals surface area contributed by atoms with E-state index < -0.39 is 10.0 Å². The molecule has 2 aromatic rings. The number of sulfonamides is 1. The van der Waals surface area contributed by atoms with Crippen molar-refractivity contribution in [1.82, 2.24) is 25.4 Å². The van der Waals surface area contributed by atoms with E-state index in [1.807, 2.05) is 0 Å². The highest BCUT2D eigenvalue weighted by Crippen LogP contribution is 2.12. The monoisotopic (exact) mass is 285 g/mol. The van der Waals surface area contributed by atoms with E-state index in [-0.39, 0.29) is 11.6 Å². The average molecular weight is 285 g/mol. The third-order valence-corrected chi connectivity index (χ3v) is 3.84. The predicted molar refractivity (Wildman–Crippen MR) is 66.6 cm³/mol. The van der Waals surface area contributed by atoms with Crippen LogP contribution in [0.5, 0.6) is 0 Å². The van der Waals surface area contributed by atoms with Crippen LogP contribution in [0.3, 0.4) is 0 Å². The molecule has 0 spiro atoms. The van der Waals surface area contributed by atoms with E-state index in [2.05, 4.69) is 25.4 Å². The lowest BCUT2D eigenvalue weighted by molar-refractivity contribution is 0.377. The summed E-state index contributed by atoms with van der Waals surface area (Å²) in [6, 6.07) is 1.67. The van der Waals surface area contributed by atoms with E-state index in [0.717, 1.165) is 0 Å². The SMILES string of the molecule is CNCc1cn[nH]c1S(=O)(=O)NCc1cc(C)no1. The van der Waals surface area contributed by atoms with Crippen LogP contribution in [0, 0.1) is 6.92 Å². The molecule has 0 aromatic carbocycles. The number of nitrogens with one attached hydrogen (secondary N) is 3. The second kappa shape index (κ2) is 5.51. The number of H-pyrrole nitrogens is 1. The van der Waals surface area contributed by atoms with Crippen molar-refractivity contribution in [2.45, 2.75) is 25.0 Å².